The third kappa shape index (κ3) is 3.13. The van der Waals surface area contributed by atoms with Crippen LogP contribution >= 0.6 is 11.3 Å². The summed E-state index contributed by atoms with van der Waals surface area (Å²) in [4.78, 5) is 29.6. The number of benzene rings is 1. The number of nitrogens with two attached hydrogens (primary N) is 1. The lowest BCUT2D eigenvalue weighted by Crippen LogP contribution is -2.38. The first-order chi connectivity index (χ1) is 12.5. The van der Waals surface area contributed by atoms with Gasteiger partial charge in [-0.2, -0.15) is 5.10 Å². The smallest absolute Gasteiger partial charge is 0.303 e. The number of thiazole rings is 1. The molecule has 0 aliphatic carbocycles. The van der Waals surface area contributed by atoms with Crippen molar-refractivity contribution < 1.29 is 14.7 Å². The third-order valence-electron chi connectivity index (χ3n) is 4.38. The second-order valence-electron chi connectivity index (χ2n) is 6.21. The van der Waals surface area contributed by atoms with Gasteiger partial charge in [0.25, 0.3) is 5.91 Å². The van der Waals surface area contributed by atoms with Crippen LogP contribution in [0.15, 0.2) is 24.3 Å². The molecule has 3 aromatic rings. The molecule has 0 saturated heterocycles. The van der Waals surface area contributed by atoms with Crippen molar-refractivity contribution in [3.63, 3.8) is 0 Å². The zero-order chi connectivity index (χ0) is 18.3. The second-order valence-corrected chi connectivity index (χ2v) is 7.27. The predicted octanol–water partition coefficient (Wildman–Crippen LogP) is 1.75. The van der Waals surface area contributed by atoms with E-state index in [0.29, 0.717) is 36.8 Å². The minimum absolute atomic E-state index is 0.0515. The van der Waals surface area contributed by atoms with Gasteiger partial charge in [-0.05, 0) is 24.3 Å². The van der Waals surface area contributed by atoms with Crippen molar-refractivity contribution in [2.24, 2.45) is 0 Å². The summed E-state index contributed by atoms with van der Waals surface area (Å²) >= 11 is 1.40. The van der Waals surface area contributed by atoms with Crippen molar-refractivity contribution in [1.29, 1.82) is 0 Å². The molecule has 4 rings (SSSR count). The molecule has 3 heterocycles. The van der Waals surface area contributed by atoms with Crippen molar-refractivity contribution >= 4 is 38.6 Å². The van der Waals surface area contributed by atoms with E-state index in [9.17, 15) is 9.59 Å². The highest BCUT2D eigenvalue weighted by Gasteiger charge is 2.23. The van der Waals surface area contributed by atoms with Crippen LogP contribution in [0, 0.1) is 0 Å². The van der Waals surface area contributed by atoms with Crippen molar-refractivity contribution in [3.8, 4) is 0 Å². The first-order valence-corrected chi connectivity index (χ1v) is 9.04. The minimum atomic E-state index is -0.842. The average molecular weight is 371 g/mol. The van der Waals surface area contributed by atoms with Gasteiger partial charge in [-0.3, -0.25) is 14.3 Å². The zero-order valence-corrected chi connectivity index (χ0v) is 14.7. The molecule has 0 saturated carbocycles. The summed E-state index contributed by atoms with van der Waals surface area (Å²) < 4.78 is 2.81. The summed E-state index contributed by atoms with van der Waals surface area (Å²) in [7, 11) is 0. The van der Waals surface area contributed by atoms with Crippen LogP contribution in [-0.2, 0) is 24.3 Å². The maximum Gasteiger partial charge on any atom is 0.303 e. The summed E-state index contributed by atoms with van der Waals surface area (Å²) in [5, 5.41) is 13.7. The van der Waals surface area contributed by atoms with E-state index in [2.05, 4.69) is 10.1 Å². The molecule has 1 aliphatic heterocycles. The van der Waals surface area contributed by atoms with Crippen LogP contribution in [0.4, 0.5) is 5.13 Å². The monoisotopic (exact) mass is 371 g/mol. The summed E-state index contributed by atoms with van der Waals surface area (Å²) in [6.07, 6.45) is 0.446. The second kappa shape index (κ2) is 6.41. The molecule has 1 aromatic carbocycles. The van der Waals surface area contributed by atoms with Gasteiger partial charge in [0.2, 0.25) is 0 Å². The van der Waals surface area contributed by atoms with E-state index in [1.807, 2.05) is 16.8 Å². The van der Waals surface area contributed by atoms with Crippen molar-refractivity contribution in [1.82, 2.24) is 19.7 Å². The largest absolute Gasteiger partial charge is 0.481 e. The Morgan fingerprint density at radius 3 is 2.92 bits per heavy atom. The molecule has 1 amide bonds. The van der Waals surface area contributed by atoms with Crippen LogP contribution < -0.4 is 5.73 Å². The van der Waals surface area contributed by atoms with Gasteiger partial charge < -0.3 is 15.7 Å². The number of carboxylic acid groups (broad SMARTS) is 1. The van der Waals surface area contributed by atoms with Crippen molar-refractivity contribution in [2.45, 2.75) is 25.9 Å². The van der Waals surface area contributed by atoms with E-state index < -0.39 is 5.97 Å². The number of anilines is 1. The van der Waals surface area contributed by atoms with Crippen LogP contribution in [0.3, 0.4) is 0 Å². The maximum absolute atomic E-state index is 12.8. The number of nitrogens with zero attached hydrogens (tertiary/aromatic N) is 4. The molecule has 9 heteroatoms. The van der Waals surface area contributed by atoms with Crippen molar-refractivity contribution in [3.05, 3.63) is 41.2 Å². The Kier molecular flexibility index (Phi) is 4.08. The molecule has 0 radical (unpaired) electrons. The highest BCUT2D eigenvalue weighted by atomic mass is 32.1. The number of carboxylic acids is 1. The quantitative estimate of drug-likeness (QED) is 0.722. The van der Waals surface area contributed by atoms with Gasteiger partial charge in [-0.15, -0.1) is 0 Å². The van der Waals surface area contributed by atoms with Gasteiger partial charge in [-0.1, -0.05) is 11.3 Å². The maximum atomic E-state index is 12.8. The van der Waals surface area contributed by atoms with Gasteiger partial charge >= 0.3 is 5.97 Å². The molecule has 2 aromatic heterocycles. The molecular formula is C17H17N5O3S. The number of fused-ring (bicyclic) bond motifs is 2. The third-order valence-corrected chi connectivity index (χ3v) is 5.25. The van der Waals surface area contributed by atoms with E-state index in [4.69, 9.17) is 10.8 Å². The standard InChI is InChI=1S/C17H17N5O3S/c18-17-19-13-7-10(1-3-14(13)26-17)16(25)21-5-6-22-12(9-21)8-11(20-22)2-4-15(23)24/h1,3,7-8H,2,4-6,9H2,(H2,18,19)(H,23,24). The fourth-order valence-electron chi connectivity index (χ4n) is 3.12. The van der Waals surface area contributed by atoms with E-state index in [1.54, 1.807) is 17.0 Å². The van der Waals surface area contributed by atoms with E-state index in [0.717, 1.165) is 21.6 Å². The van der Waals surface area contributed by atoms with Gasteiger partial charge in [-0.25, -0.2) is 4.98 Å². The first-order valence-electron chi connectivity index (χ1n) is 8.22. The lowest BCUT2D eigenvalue weighted by molar-refractivity contribution is -0.136. The molecule has 134 valence electrons. The molecule has 26 heavy (non-hydrogen) atoms. The number of rotatable bonds is 4. The number of nitrogen functional groups attached to an aromatic ring is 1. The summed E-state index contributed by atoms with van der Waals surface area (Å²) in [5.41, 5.74) is 8.71. The Bertz CT molecular complexity index is 1010. The summed E-state index contributed by atoms with van der Waals surface area (Å²) in [6, 6.07) is 7.32. The number of carbonyl (C=O) groups is 2. The van der Waals surface area contributed by atoms with Gasteiger partial charge in [0.15, 0.2) is 5.13 Å². The van der Waals surface area contributed by atoms with Crippen LogP contribution in [0.2, 0.25) is 0 Å². The van der Waals surface area contributed by atoms with E-state index in [-0.39, 0.29) is 12.3 Å². The minimum Gasteiger partial charge on any atom is -0.481 e. The number of hydrogen-bond donors (Lipinski definition) is 2. The van der Waals surface area contributed by atoms with Crippen molar-refractivity contribution in [2.75, 3.05) is 12.3 Å². The Labute approximate surface area is 152 Å². The highest BCUT2D eigenvalue weighted by molar-refractivity contribution is 7.22. The normalized spacial score (nSPS) is 13.8. The number of aryl methyl sites for hydroxylation is 1. The number of amides is 1. The van der Waals surface area contributed by atoms with E-state index >= 15 is 0 Å². The Morgan fingerprint density at radius 1 is 1.27 bits per heavy atom. The van der Waals surface area contributed by atoms with E-state index in [1.165, 1.54) is 11.3 Å². The number of aromatic nitrogens is 3. The van der Waals surface area contributed by atoms with Crippen LogP contribution in [0.5, 0.6) is 0 Å². The molecule has 3 N–H and O–H groups in total. The van der Waals surface area contributed by atoms with Crippen LogP contribution in [-0.4, -0.2) is 43.2 Å². The molecule has 0 spiro atoms. The average Bonchev–Trinajstić information content (AvgIpc) is 3.19. The summed E-state index contributed by atoms with van der Waals surface area (Å²) in [6.45, 7) is 1.61. The zero-order valence-electron chi connectivity index (χ0n) is 13.9. The molecule has 0 atom stereocenters. The predicted molar refractivity (Wildman–Crippen MR) is 97.0 cm³/mol. The van der Waals surface area contributed by atoms with Crippen LogP contribution in [0.1, 0.15) is 28.2 Å². The Balaban J connectivity index is 1.51. The molecule has 8 nitrogen and oxygen atoms in total. The number of carbonyl (C=O) groups excluding carboxylic acids is 1. The number of aliphatic carboxylic acids is 1. The molecule has 1 aliphatic rings. The molecule has 0 unspecified atom stereocenters. The van der Waals surface area contributed by atoms with Gasteiger partial charge in [0.1, 0.15) is 0 Å². The van der Waals surface area contributed by atoms with Gasteiger partial charge in [0, 0.05) is 18.5 Å². The SMILES string of the molecule is Nc1nc2cc(C(=O)N3CCn4nc(CCC(=O)O)cc4C3)ccc2s1. The van der Waals surface area contributed by atoms with Gasteiger partial charge in [0.05, 0.1) is 41.1 Å². The highest BCUT2D eigenvalue weighted by Crippen LogP contribution is 2.25. The molecule has 0 bridgehead atoms. The Morgan fingerprint density at radius 2 is 2.12 bits per heavy atom. The summed E-state index contributed by atoms with van der Waals surface area (Å²) in [5.74, 6) is -0.899. The molecule has 0 fully saturated rings. The lowest BCUT2D eigenvalue weighted by atomic mass is 10.1. The number of hydrogen-bond acceptors (Lipinski definition) is 6. The topological polar surface area (TPSA) is 114 Å². The Hall–Kier alpha value is -2.94. The molecular weight excluding hydrogens is 354 g/mol. The first kappa shape index (κ1) is 16.5. The van der Waals surface area contributed by atoms with Crippen LogP contribution in [0.25, 0.3) is 10.2 Å². The fraction of sp³-hybridized carbons (Fsp3) is 0.294. The lowest BCUT2D eigenvalue weighted by Gasteiger charge is -2.27. The fourth-order valence-corrected chi connectivity index (χ4v) is 3.83.